The maximum absolute atomic E-state index is 11.8. The first kappa shape index (κ1) is 14.2. The zero-order chi connectivity index (χ0) is 12.8. The van der Waals surface area contributed by atoms with Crippen molar-refractivity contribution in [3.63, 3.8) is 0 Å². The highest BCUT2D eigenvalue weighted by Crippen LogP contribution is 2.14. The molecule has 0 fully saturated rings. The summed E-state index contributed by atoms with van der Waals surface area (Å²) in [4.78, 5) is 12.2. The molecule has 0 aliphatic rings. The molecule has 1 aromatic rings. The molecular formula is C14H20BrNO. The summed E-state index contributed by atoms with van der Waals surface area (Å²) < 4.78 is 0. The Morgan fingerprint density at radius 3 is 2.29 bits per heavy atom. The van der Waals surface area contributed by atoms with Gasteiger partial charge in [0, 0.05) is 16.9 Å². The minimum Gasteiger partial charge on any atom is -0.352 e. The molecule has 17 heavy (non-hydrogen) atoms. The van der Waals surface area contributed by atoms with Crippen molar-refractivity contribution in [1.82, 2.24) is 5.32 Å². The number of benzene rings is 1. The standard InChI is InChI=1S/C14H20BrNO/c1-10(2)12-4-6-13(7-5-12)14(17)16-9-8-11(3)15/h4-7,10-11H,8-9H2,1-3H3,(H,16,17). The van der Waals surface area contributed by atoms with Crippen LogP contribution in [-0.4, -0.2) is 17.3 Å². The zero-order valence-corrected chi connectivity index (χ0v) is 12.3. The highest BCUT2D eigenvalue weighted by Gasteiger charge is 2.06. The second-order valence-electron chi connectivity index (χ2n) is 4.60. The summed E-state index contributed by atoms with van der Waals surface area (Å²) in [6, 6.07) is 7.82. The van der Waals surface area contributed by atoms with Crippen LogP contribution in [0.4, 0.5) is 0 Å². The Hall–Kier alpha value is -0.830. The molecule has 0 heterocycles. The van der Waals surface area contributed by atoms with Crippen LogP contribution in [0.15, 0.2) is 24.3 Å². The molecule has 1 aromatic carbocycles. The molecule has 0 aliphatic heterocycles. The Morgan fingerprint density at radius 1 is 1.24 bits per heavy atom. The Balaban J connectivity index is 2.52. The van der Waals surface area contributed by atoms with Gasteiger partial charge in [0.25, 0.3) is 5.91 Å². The normalized spacial score (nSPS) is 12.5. The van der Waals surface area contributed by atoms with E-state index in [0.717, 1.165) is 12.0 Å². The molecule has 0 radical (unpaired) electrons. The molecule has 1 N–H and O–H groups in total. The number of hydrogen-bond acceptors (Lipinski definition) is 1. The molecule has 0 saturated heterocycles. The van der Waals surface area contributed by atoms with Gasteiger partial charge in [-0.3, -0.25) is 4.79 Å². The number of rotatable bonds is 5. The first-order valence-corrected chi connectivity index (χ1v) is 6.94. The van der Waals surface area contributed by atoms with E-state index >= 15 is 0 Å². The highest BCUT2D eigenvalue weighted by molar-refractivity contribution is 9.09. The van der Waals surface area contributed by atoms with E-state index in [2.05, 4.69) is 42.0 Å². The van der Waals surface area contributed by atoms with Crippen molar-refractivity contribution in [3.05, 3.63) is 35.4 Å². The first-order chi connectivity index (χ1) is 8.00. The Labute approximate surface area is 112 Å². The van der Waals surface area contributed by atoms with Crippen molar-refractivity contribution >= 4 is 21.8 Å². The lowest BCUT2D eigenvalue weighted by atomic mass is 10.0. The second-order valence-corrected chi connectivity index (χ2v) is 6.17. The molecule has 3 heteroatoms. The molecule has 2 nitrogen and oxygen atoms in total. The van der Waals surface area contributed by atoms with Crippen LogP contribution in [0.2, 0.25) is 0 Å². The lowest BCUT2D eigenvalue weighted by molar-refractivity contribution is 0.0953. The quantitative estimate of drug-likeness (QED) is 0.825. The van der Waals surface area contributed by atoms with Gasteiger partial charge in [0.05, 0.1) is 0 Å². The van der Waals surface area contributed by atoms with Crippen LogP contribution in [-0.2, 0) is 0 Å². The second kappa shape index (κ2) is 6.80. The minimum atomic E-state index is 0.00783. The summed E-state index contributed by atoms with van der Waals surface area (Å²) in [7, 11) is 0. The van der Waals surface area contributed by atoms with Crippen LogP contribution in [0.5, 0.6) is 0 Å². The smallest absolute Gasteiger partial charge is 0.251 e. The molecule has 0 saturated carbocycles. The molecule has 94 valence electrons. The van der Waals surface area contributed by atoms with Gasteiger partial charge in [-0.05, 0) is 30.0 Å². The third kappa shape index (κ3) is 4.90. The van der Waals surface area contributed by atoms with Crippen molar-refractivity contribution in [3.8, 4) is 0 Å². The number of alkyl halides is 1. The van der Waals surface area contributed by atoms with Crippen molar-refractivity contribution in [2.75, 3.05) is 6.54 Å². The van der Waals surface area contributed by atoms with Gasteiger partial charge >= 0.3 is 0 Å². The van der Waals surface area contributed by atoms with Gasteiger partial charge in [0.15, 0.2) is 0 Å². The van der Waals surface area contributed by atoms with Crippen LogP contribution in [0, 0.1) is 0 Å². The van der Waals surface area contributed by atoms with Crippen LogP contribution < -0.4 is 5.32 Å². The van der Waals surface area contributed by atoms with E-state index < -0.39 is 0 Å². The lowest BCUT2D eigenvalue weighted by Gasteiger charge is -2.08. The zero-order valence-electron chi connectivity index (χ0n) is 10.7. The molecule has 1 unspecified atom stereocenters. The first-order valence-electron chi connectivity index (χ1n) is 6.03. The van der Waals surface area contributed by atoms with Crippen molar-refractivity contribution < 1.29 is 4.79 Å². The summed E-state index contributed by atoms with van der Waals surface area (Å²) in [5.41, 5.74) is 1.99. The number of hydrogen-bond donors (Lipinski definition) is 1. The summed E-state index contributed by atoms with van der Waals surface area (Å²) in [6.45, 7) is 7.07. The molecule has 0 aliphatic carbocycles. The fourth-order valence-corrected chi connectivity index (χ4v) is 1.73. The van der Waals surface area contributed by atoms with Crippen LogP contribution in [0.1, 0.15) is 49.0 Å². The van der Waals surface area contributed by atoms with Crippen LogP contribution in [0.3, 0.4) is 0 Å². The highest BCUT2D eigenvalue weighted by atomic mass is 79.9. The minimum absolute atomic E-state index is 0.00783. The SMILES string of the molecule is CC(Br)CCNC(=O)c1ccc(C(C)C)cc1. The summed E-state index contributed by atoms with van der Waals surface area (Å²) in [6.07, 6.45) is 0.940. The maximum Gasteiger partial charge on any atom is 0.251 e. The molecule has 0 aromatic heterocycles. The molecule has 1 atom stereocenters. The van der Waals surface area contributed by atoms with E-state index in [9.17, 15) is 4.79 Å². The van der Waals surface area contributed by atoms with Gasteiger partial charge in [-0.15, -0.1) is 0 Å². The van der Waals surface area contributed by atoms with Gasteiger partial charge < -0.3 is 5.32 Å². The van der Waals surface area contributed by atoms with Crippen molar-refractivity contribution in [2.24, 2.45) is 0 Å². The topological polar surface area (TPSA) is 29.1 Å². The third-order valence-electron chi connectivity index (χ3n) is 2.67. The van der Waals surface area contributed by atoms with Crippen molar-refractivity contribution in [1.29, 1.82) is 0 Å². The number of nitrogens with one attached hydrogen (secondary N) is 1. The van der Waals surface area contributed by atoms with E-state index in [1.54, 1.807) is 0 Å². The van der Waals surface area contributed by atoms with Gasteiger partial charge in [-0.1, -0.05) is 48.8 Å². The summed E-state index contributed by atoms with van der Waals surface area (Å²) >= 11 is 3.45. The maximum atomic E-state index is 11.8. The van der Waals surface area contributed by atoms with E-state index in [0.29, 0.717) is 17.3 Å². The van der Waals surface area contributed by atoms with Gasteiger partial charge in [-0.2, -0.15) is 0 Å². The molecule has 0 spiro atoms. The van der Waals surface area contributed by atoms with Crippen LogP contribution in [0.25, 0.3) is 0 Å². The largest absolute Gasteiger partial charge is 0.352 e. The van der Waals surface area contributed by atoms with Gasteiger partial charge in [0.2, 0.25) is 0 Å². The summed E-state index contributed by atoms with van der Waals surface area (Å²) in [5, 5.41) is 2.91. The predicted octanol–water partition coefficient (Wildman–Crippen LogP) is 3.71. The average molecular weight is 298 g/mol. The molecule has 0 bridgehead atoms. The van der Waals surface area contributed by atoms with Crippen LogP contribution >= 0.6 is 15.9 Å². The monoisotopic (exact) mass is 297 g/mol. The van der Waals surface area contributed by atoms with E-state index in [1.165, 1.54) is 5.56 Å². The fourth-order valence-electron chi connectivity index (χ4n) is 1.51. The predicted molar refractivity (Wildman–Crippen MR) is 75.9 cm³/mol. The number of halogens is 1. The molecule has 1 amide bonds. The summed E-state index contributed by atoms with van der Waals surface area (Å²) in [5.74, 6) is 0.509. The fraction of sp³-hybridized carbons (Fsp3) is 0.500. The number of amides is 1. The van der Waals surface area contributed by atoms with Gasteiger partial charge in [0.1, 0.15) is 0 Å². The lowest BCUT2D eigenvalue weighted by Crippen LogP contribution is -2.25. The van der Waals surface area contributed by atoms with Crippen molar-refractivity contribution in [2.45, 2.75) is 37.9 Å². The van der Waals surface area contributed by atoms with E-state index in [-0.39, 0.29) is 5.91 Å². The Morgan fingerprint density at radius 2 is 1.82 bits per heavy atom. The molecular weight excluding hydrogens is 278 g/mol. The van der Waals surface area contributed by atoms with E-state index in [1.807, 2.05) is 24.3 Å². The van der Waals surface area contributed by atoms with E-state index in [4.69, 9.17) is 0 Å². The number of carbonyl (C=O) groups is 1. The Bertz CT molecular complexity index is 357. The molecule has 1 rings (SSSR count). The number of carbonyl (C=O) groups excluding carboxylic acids is 1. The Kier molecular flexibility index (Phi) is 5.69. The average Bonchev–Trinajstić information content (AvgIpc) is 2.28. The van der Waals surface area contributed by atoms with Gasteiger partial charge in [-0.25, -0.2) is 0 Å². The third-order valence-corrected chi connectivity index (χ3v) is 3.13.